The first-order valence-corrected chi connectivity index (χ1v) is 10.5. The van der Waals surface area contributed by atoms with Gasteiger partial charge in [-0.05, 0) is 64.9 Å². The molecule has 0 spiro atoms. The summed E-state index contributed by atoms with van der Waals surface area (Å²) in [5.41, 5.74) is 7.99. The third-order valence-electron chi connectivity index (χ3n) is 3.25. The third-order valence-corrected chi connectivity index (χ3v) is 5.17. The summed E-state index contributed by atoms with van der Waals surface area (Å²) in [6, 6.07) is 7.38. The Balaban J connectivity index is 2.38. The molecule has 0 aliphatic carbocycles. The van der Waals surface area contributed by atoms with Gasteiger partial charge in [-0.15, -0.1) is 0 Å². The van der Waals surface area contributed by atoms with Crippen molar-refractivity contribution in [3.05, 3.63) is 56.5 Å². The van der Waals surface area contributed by atoms with Crippen LogP contribution in [0.15, 0.2) is 50.9 Å². The Morgan fingerprint density at radius 1 is 1.38 bits per heavy atom. The second-order valence-corrected chi connectivity index (χ2v) is 8.13. The molecule has 0 saturated heterocycles. The minimum Gasteiger partial charge on any atom is -0.490 e. The number of ether oxygens (including phenoxy) is 1. The molecule has 0 saturated carbocycles. The number of nitrogens with one attached hydrogen (secondary N) is 1. The highest BCUT2D eigenvalue weighted by Crippen LogP contribution is 2.38. The molecule has 10 nitrogen and oxygen atoms in total. The molecule has 3 N–H and O–H groups in total. The maximum absolute atomic E-state index is 12.6. The predicted octanol–water partition coefficient (Wildman–Crippen LogP) is 2.69. The number of nitro benzene ring substituents is 1. The number of thiocarbonyl (C=S) groups is 1. The topological polar surface area (TPSA) is 146 Å². The minimum atomic E-state index is -4.27. The Bertz CT molecular complexity index is 1060. The van der Waals surface area contributed by atoms with Crippen LogP contribution >= 0.6 is 28.1 Å². The molecule has 0 amide bonds. The molecule has 2 rings (SSSR count). The molecule has 29 heavy (non-hydrogen) atoms. The Kier molecular flexibility index (Phi) is 7.47. The number of rotatable bonds is 8. The van der Waals surface area contributed by atoms with Crippen LogP contribution in [0, 0.1) is 10.1 Å². The van der Waals surface area contributed by atoms with Crippen molar-refractivity contribution in [3.8, 4) is 11.5 Å². The lowest BCUT2D eigenvalue weighted by Crippen LogP contribution is -2.24. The van der Waals surface area contributed by atoms with E-state index in [0.717, 1.165) is 24.3 Å². The lowest BCUT2D eigenvalue weighted by Gasteiger charge is -2.14. The van der Waals surface area contributed by atoms with Gasteiger partial charge < -0.3 is 14.7 Å². The van der Waals surface area contributed by atoms with Gasteiger partial charge in [-0.3, -0.25) is 15.5 Å². The van der Waals surface area contributed by atoms with Crippen molar-refractivity contribution < 1.29 is 22.3 Å². The van der Waals surface area contributed by atoms with Crippen molar-refractivity contribution in [1.82, 2.24) is 5.43 Å². The van der Waals surface area contributed by atoms with Crippen molar-refractivity contribution in [2.45, 2.75) is 11.8 Å². The first kappa shape index (κ1) is 22.5. The van der Waals surface area contributed by atoms with E-state index in [1.807, 2.05) is 0 Å². The van der Waals surface area contributed by atoms with E-state index in [1.54, 1.807) is 13.0 Å². The van der Waals surface area contributed by atoms with Gasteiger partial charge >= 0.3 is 10.1 Å². The highest BCUT2D eigenvalue weighted by Gasteiger charge is 2.23. The smallest absolute Gasteiger partial charge is 0.339 e. The van der Waals surface area contributed by atoms with E-state index < -0.39 is 15.0 Å². The summed E-state index contributed by atoms with van der Waals surface area (Å²) in [7, 11) is -4.27. The normalized spacial score (nSPS) is 11.2. The van der Waals surface area contributed by atoms with Crippen LogP contribution in [0.1, 0.15) is 12.5 Å². The molecule has 154 valence electrons. The molecule has 0 atom stereocenters. The number of hydrazone groups is 1. The van der Waals surface area contributed by atoms with Crippen molar-refractivity contribution in [1.29, 1.82) is 0 Å². The quantitative estimate of drug-likeness (QED) is 0.183. The lowest BCUT2D eigenvalue weighted by atomic mass is 10.2. The van der Waals surface area contributed by atoms with Gasteiger partial charge in [0.2, 0.25) is 0 Å². The number of nitrogens with zero attached hydrogens (tertiary/aromatic N) is 2. The van der Waals surface area contributed by atoms with Crippen molar-refractivity contribution in [2.75, 3.05) is 6.61 Å². The Morgan fingerprint density at radius 3 is 2.59 bits per heavy atom. The molecule has 2 aromatic carbocycles. The van der Waals surface area contributed by atoms with Gasteiger partial charge in [0.15, 0.2) is 16.6 Å². The Hall–Kier alpha value is -2.77. The van der Waals surface area contributed by atoms with Gasteiger partial charge in [0.05, 0.1) is 22.2 Å². The van der Waals surface area contributed by atoms with Crippen LogP contribution in [-0.4, -0.2) is 31.3 Å². The highest BCUT2D eigenvalue weighted by atomic mass is 79.9. The number of halogens is 1. The van der Waals surface area contributed by atoms with Gasteiger partial charge in [-0.25, -0.2) is 0 Å². The standard InChI is InChI=1S/C16H15BrN4O6S2/c1-2-26-14-8-10(9-19-20-16(18)28)7-13(17)15(14)27-29(24,25)12-5-3-11(4-6-12)21(22)23/h3-9H,2H2,1H3,(H3,18,20,28)/b19-9-. The monoisotopic (exact) mass is 502 g/mol. The molecule has 2 aromatic rings. The SMILES string of the molecule is CCOc1cc(/C=N\NC(N)=S)cc(Br)c1OS(=O)(=O)c1ccc([N+](=O)[O-])cc1. The summed E-state index contributed by atoms with van der Waals surface area (Å²) in [6.45, 7) is 1.96. The molecule has 0 unspecified atom stereocenters. The molecule has 13 heteroatoms. The fraction of sp³-hybridized carbons (Fsp3) is 0.125. The molecular weight excluding hydrogens is 488 g/mol. The van der Waals surface area contributed by atoms with Crippen LogP contribution in [0.5, 0.6) is 11.5 Å². The van der Waals surface area contributed by atoms with Crippen LogP contribution < -0.4 is 20.1 Å². The summed E-state index contributed by atoms with van der Waals surface area (Å²) in [5, 5.41) is 14.5. The number of nitrogens with two attached hydrogens (primary N) is 1. The van der Waals surface area contributed by atoms with Gasteiger partial charge in [0, 0.05) is 12.1 Å². The summed E-state index contributed by atoms with van der Waals surface area (Å²) in [5.74, 6) is 0.0637. The average Bonchev–Trinajstić information content (AvgIpc) is 2.64. The number of nitro groups is 1. The minimum absolute atomic E-state index is 0.0144. The largest absolute Gasteiger partial charge is 0.490 e. The molecule has 0 bridgehead atoms. The zero-order chi connectivity index (χ0) is 21.6. The number of non-ortho nitro benzene ring substituents is 1. The predicted molar refractivity (Wildman–Crippen MR) is 114 cm³/mol. The van der Waals surface area contributed by atoms with Crippen LogP contribution in [0.25, 0.3) is 0 Å². The van der Waals surface area contributed by atoms with Crippen LogP contribution in [0.3, 0.4) is 0 Å². The molecule has 0 heterocycles. The van der Waals surface area contributed by atoms with Gasteiger partial charge in [0.1, 0.15) is 4.90 Å². The van der Waals surface area contributed by atoms with Crippen molar-refractivity contribution in [3.63, 3.8) is 0 Å². The van der Waals surface area contributed by atoms with E-state index in [1.165, 1.54) is 12.3 Å². The summed E-state index contributed by atoms with van der Waals surface area (Å²) < 4.78 is 36.2. The van der Waals surface area contributed by atoms with Crippen LogP contribution in [-0.2, 0) is 10.1 Å². The zero-order valence-electron chi connectivity index (χ0n) is 14.9. The Morgan fingerprint density at radius 2 is 2.03 bits per heavy atom. The zero-order valence-corrected chi connectivity index (χ0v) is 18.1. The second kappa shape index (κ2) is 9.62. The van der Waals surface area contributed by atoms with Gasteiger partial charge in [-0.1, -0.05) is 0 Å². The van der Waals surface area contributed by atoms with Crippen molar-refractivity contribution in [2.24, 2.45) is 10.8 Å². The van der Waals surface area contributed by atoms with Gasteiger partial charge in [-0.2, -0.15) is 13.5 Å². The molecule has 0 aliphatic rings. The van der Waals surface area contributed by atoms with E-state index in [-0.39, 0.29) is 38.3 Å². The van der Waals surface area contributed by atoms with Crippen LogP contribution in [0.2, 0.25) is 0 Å². The third kappa shape index (κ3) is 6.10. The van der Waals surface area contributed by atoms with E-state index in [0.29, 0.717) is 5.56 Å². The molecular formula is C16H15BrN4O6S2. The molecule has 0 fully saturated rings. The molecule has 0 aromatic heterocycles. The molecule has 0 aliphatic heterocycles. The van der Waals surface area contributed by atoms with E-state index >= 15 is 0 Å². The van der Waals surface area contributed by atoms with E-state index in [4.69, 9.17) is 14.7 Å². The summed E-state index contributed by atoms with van der Waals surface area (Å²) in [4.78, 5) is 9.85. The highest BCUT2D eigenvalue weighted by molar-refractivity contribution is 9.10. The first-order chi connectivity index (χ1) is 13.6. The first-order valence-electron chi connectivity index (χ1n) is 7.88. The van der Waals surface area contributed by atoms with Crippen molar-refractivity contribution >= 4 is 55.3 Å². The summed E-state index contributed by atoms with van der Waals surface area (Å²) in [6.07, 6.45) is 1.40. The number of hydrogen-bond donors (Lipinski definition) is 2. The molecule has 0 radical (unpaired) electrons. The number of benzene rings is 2. The van der Waals surface area contributed by atoms with E-state index in [2.05, 4.69) is 38.7 Å². The van der Waals surface area contributed by atoms with E-state index in [9.17, 15) is 18.5 Å². The lowest BCUT2D eigenvalue weighted by molar-refractivity contribution is -0.384. The van der Waals surface area contributed by atoms with Crippen LogP contribution in [0.4, 0.5) is 5.69 Å². The summed E-state index contributed by atoms with van der Waals surface area (Å²) >= 11 is 7.90. The fourth-order valence-electron chi connectivity index (χ4n) is 2.07. The fourth-order valence-corrected chi connectivity index (χ4v) is 3.73. The average molecular weight is 503 g/mol. The maximum atomic E-state index is 12.6. The van der Waals surface area contributed by atoms with Gasteiger partial charge in [0.25, 0.3) is 5.69 Å². The maximum Gasteiger partial charge on any atom is 0.339 e. The Labute approximate surface area is 180 Å². The number of hydrogen-bond acceptors (Lipinski definition) is 8. The second-order valence-electron chi connectivity index (χ2n) is 5.29.